The van der Waals surface area contributed by atoms with Crippen LogP contribution in [0, 0.1) is 0 Å². The maximum absolute atomic E-state index is 12.1. The Hall–Kier alpha value is -2.12. The van der Waals surface area contributed by atoms with E-state index in [1.165, 1.54) is 5.56 Å². The van der Waals surface area contributed by atoms with Crippen LogP contribution in [0.25, 0.3) is 0 Å². The number of thioether (sulfide) groups is 1. The molecule has 1 N–H and O–H groups in total. The first-order valence-corrected chi connectivity index (χ1v) is 10.1. The zero-order valence-electron chi connectivity index (χ0n) is 14.9. The average Bonchev–Trinajstić information content (AvgIpc) is 2.70. The van der Waals surface area contributed by atoms with E-state index in [0.29, 0.717) is 13.1 Å². The normalized spacial score (nSPS) is 15.0. The van der Waals surface area contributed by atoms with Gasteiger partial charge in [0.15, 0.2) is 0 Å². The van der Waals surface area contributed by atoms with Crippen LogP contribution < -0.4 is 10.2 Å². The Labute approximate surface area is 159 Å². The molecule has 1 aromatic carbocycles. The van der Waals surface area contributed by atoms with Gasteiger partial charge in [0.1, 0.15) is 0 Å². The van der Waals surface area contributed by atoms with Crippen molar-refractivity contribution in [1.82, 2.24) is 20.2 Å². The number of hydrogen-bond acceptors (Lipinski definition) is 6. The Bertz CT molecular complexity index is 662. The zero-order valence-corrected chi connectivity index (χ0v) is 15.7. The second-order valence-corrected chi connectivity index (χ2v) is 7.31. The molecule has 1 amide bonds. The van der Waals surface area contributed by atoms with Gasteiger partial charge in [-0.3, -0.25) is 9.69 Å². The summed E-state index contributed by atoms with van der Waals surface area (Å²) in [6.45, 7) is 4.60. The first-order chi connectivity index (χ1) is 12.8. The number of nitrogens with one attached hydrogen (secondary N) is 1. The summed E-state index contributed by atoms with van der Waals surface area (Å²) < 4.78 is 0. The van der Waals surface area contributed by atoms with Crippen molar-refractivity contribution in [2.75, 3.05) is 49.9 Å². The van der Waals surface area contributed by atoms with Crippen molar-refractivity contribution >= 4 is 23.6 Å². The van der Waals surface area contributed by atoms with Crippen LogP contribution in [0.5, 0.6) is 0 Å². The summed E-state index contributed by atoms with van der Waals surface area (Å²) in [5.74, 6) is 2.79. The van der Waals surface area contributed by atoms with Crippen molar-refractivity contribution in [1.29, 1.82) is 0 Å². The fourth-order valence-corrected chi connectivity index (χ4v) is 3.67. The van der Waals surface area contributed by atoms with Crippen LogP contribution >= 0.6 is 11.8 Å². The second-order valence-electron chi connectivity index (χ2n) is 6.20. The molecule has 0 unspecified atom stereocenters. The van der Waals surface area contributed by atoms with Crippen molar-refractivity contribution in [3.63, 3.8) is 0 Å². The maximum Gasteiger partial charge on any atom is 0.234 e. The van der Waals surface area contributed by atoms with Gasteiger partial charge in [0.05, 0.1) is 6.54 Å². The molecule has 0 radical (unpaired) electrons. The second kappa shape index (κ2) is 10.1. The van der Waals surface area contributed by atoms with Crippen LogP contribution in [0.3, 0.4) is 0 Å². The predicted octanol–water partition coefficient (Wildman–Crippen LogP) is 1.65. The number of carbonyl (C=O) groups is 1. The molecule has 0 spiro atoms. The number of nitrogens with zero attached hydrogens (tertiary/aromatic N) is 4. The maximum atomic E-state index is 12.1. The molecule has 0 bridgehead atoms. The number of benzene rings is 1. The topological polar surface area (TPSA) is 61.4 Å². The van der Waals surface area contributed by atoms with E-state index in [0.717, 1.165) is 43.6 Å². The summed E-state index contributed by atoms with van der Waals surface area (Å²) in [6.07, 6.45) is 3.52. The predicted molar refractivity (Wildman–Crippen MR) is 106 cm³/mol. The molecule has 0 saturated carbocycles. The van der Waals surface area contributed by atoms with Crippen LogP contribution in [0.2, 0.25) is 0 Å². The summed E-state index contributed by atoms with van der Waals surface area (Å²) in [4.78, 5) is 25.0. The van der Waals surface area contributed by atoms with E-state index >= 15 is 0 Å². The molecular weight excluding hydrogens is 346 g/mol. The van der Waals surface area contributed by atoms with E-state index in [-0.39, 0.29) is 5.91 Å². The molecule has 3 rings (SSSR count). The van der Waals surface area contributed by atoms with Gasteiger partial charge >= 0.3 is 0 Å². The quantitative estimate of drug-likeness (QED) is 0.712. The lowest BCUT2D eigenvalue weighted by molar-refractivity contribution is -0.122. The minimum absolute atomic E-state index is 0.106. The standard InChI is InChI=1S/C19H25N5OS/c25-18(20-9-14-26-16-17-5-2-1-3-6-17)15-23-10-12-24(13-11-23)19-21-7-4-8-22-19/h1-8H,9-16H2,(H,20,25). The third kappa shape index (κ3) is 6.00. The van der Waals surface area contributed by atoms with Gasteiger partial charge in [0, 0.05) is 56.6 Å². The third-order valence-electron chi connectivity index (χ3n) is 4.25. The first-order valence-electron chi connectivity index (χ1n) is 8.94. The van der Waals surface area contributed by atoms with E-state index in [1.807, 2.05) is 23.9 Å². The Balaban J connectivity index is 1.27. The number of hydrogen-bond donors (Lipinski definition) is 1. The molecule has 0 atom stereocenters. The highest BCUT2D eigenvalue weighted by Crippen LogP contribution is 2.11. The van der Waals surface area contributed by atoms with E-state index in [2.05, 4.69) is 49.4 Å². The average molecular weight is 372 g/mol. The number of amides is 1. The third-order valence-corrected chi connectivity index (χ3v) is 5.28. The highest BCUT2D eigenvalue weighted by atomic mass is 32.2. The molecule has 138 valence electrons. The lowest BCUT2D eigenvalue weighted by atomic mass is 10.2. The Morgan fingerprint density at radius 3 is 2.50 bits per heavy atom. The Kier molecular flexibility index (Phi) is 7.27. The van der Waals surface area contributed by atoms with Crippen LogP contribution in [-0.4, -0.2) is 65.8 Å². The van der Waals surface area contributed by atoms with Gasteiger partial charge in [-0.15, -0.1) is 0 Å². The molecule has 0 aliphatic carbocycles. The van der Waals surface area contributed by atoms with E-state index < -0.39 is 0 Å². The number of rotatable bonds is 8. The van der Waals surface area contributed by atoms with Crippen LogP contribution in [0.1, 0.15) is 5.56 Å². The van der Waals surface area contributed by atoms with E-state index in [4.69, 9.17) is 0 Å². The molecule has 1 aliphatic rings. The summed E-state index contributed by atoms with van der Waals surface area (Å²) in [7, 11) is 0. The summed E-state index contributed by atoms with van der Waals surface area (Å²) >= 11 is 1.84. The monoisotopic (exact) mass is 371 g/mol. The van der Waals surface area contributed by atoms with Gasteiger partial charge in [0.2, 0.25) is 11.9 Å². The lowest BCUT2D eigenvalue weighted by Gasteiger charge is -2.34. The van der Waals surface area contributed by atoms with Crippen molar-refractivity contribution in [2.24, 2.45) is 0 Å². The van der Waals surface area contributed by atoms with Crippen molar-refractivity contribution in [2.45, 2.75) is 5.75 Å². The molecule has 1 saturated heterocycles. The van der Waals surface area contributed by atoms with Gasteiger partial charge in [0.25, 0.3) is 0 Å². The van der Waals surface area contributed by atoms with Gasteiger partial charge < -0.3 is 10.2 Å². The minimum atomic E-state index is 0.106. The van der Waals surface area contributed by atoms with E-state index in [1.54, 1.807) is 12.4 Å². The molecule has 2 aromatic rings. The fraction of sp³-hybridized carbons (Fsp3) is 0.421. The summed E-state index contributed by atoms with van der Waals surface area (Å²) in [5.41, 5.74) is 1.32. The van der Waals surface area contributed by atoms with Gasteiger partial charge in [-0.25, -0.2) is 9.97 Å². The molecule has 2 heterocycles. The van der Waals surface area contributed by atoms with Crippen LogP contribution in [0.15, 0.2) is 48.8 Å². The zero-order chi connectivity index (χ0) is 18.0. The summed E-state index contributed by atoms with van der Waals surface area (Å²) in [5, 5.41) is 3.02. The number of piperazine rings is 1. The Morgan fingerprint density at radius 2 is 1.77 bits per heavy atom. The molecule has 26 heavy (non-hydrogen) atoms. The van der Waals surface area contributed by atoms with E-state index in [9.17, 15) is 4.79 Å². The molecule has 7 heteroatoms. The SMILES string of the molecule is O=C(CN1CCN(c2ncccn2)CC1)NCCSCc1ccccc1. The molecule has 1 fully saturated rings. The van der Waals surface area contributed by atoms with Crippen molar-refractivity contribution in [3.05, 3.63) is 54.4 Å². The minimum Gasteiger partial charge on any atom is -0.354 e. The van der Waals surface area contributed by atoms with Crippen molar-refractivity contribution in [3.8, 4) is 0 Å². The van der Waals surface area contributed by atoms with Crippen LogP contribution in [0.4, 0.5) is 5.95 Å². The number of aromatic nitrogens is 2. The number of anilines is 1. The molecule has 1 aliphatic heterocycles. The Morgan fingerprint density at radius 1 is 1.04 bits per heavy atom. The first kappa shape index (κ1) is 18.7. The lowest BCUT2D eigenvalue weighted by Crippen LogP contribution is -2.50. The highest BCUT2D eigenvalue weighted by molar-refractivity contribution is 7.98. The smallest absolute Gasteiger partial charge is 0.234 e. The molecular formula is C19H25N5OS. The highest BCUT2D eigenvalue weighted by Gasteiger charge is 2.20. The largest absolute Gasteiger partial charge is 0.354 e. The van der Waals surface area contributed by atoms with Gasteiger partial charge in [-0.05, 0) is 11.6 Å². The number of carbonyl (C=O) groups excluding carboxylic acids is 1. The van der Waals surface area contributed by atoms with Crippen LogP contribution in [-0.2, 0) is 10.5 Å². The fourth-order valence-electron chi connectivity index (χ4n) is 2.85. The van der Waals surface area contributed by atoms with Crippen molar-refractivity contribution < 1.29 is 4.79 Å². The molecule has 1 aromatic heterocycles. The van der Waals surface area contributed by atoms with Gasteiger partial charge in [-0.2, -0.15) is 11.8 Å². The molecule has 6 nitrogen and oxygen atoms in total. The summed E-state index contributed by atoms with van der Waals surface area (Å²) in [6, 6.07) is 12.2. The van der Waals surface area contributed by atoms with Gasteiger partial charge in [-0.1, -0.05) is 30.3 Å².